The summed E-state index contributed by atoms with van der Waals surface area (Å²) in [6.07, 6.45) is 8.86. The van der Waals surface area contributed by atoms with Crippen LogP contribution in [0.3, 0.4) is 0 Å². The monoisotopic (exact) mass is 354 g/mol. The second-order valence-corrected chi connectivity index (χ2v) is 6.82. The van der Waals surface area contributed by atoms with E-state index in [-0.39, 0.29) is 0 Å². The Labute approximate surface area is 151 Å². The zero-order chi connectivity index (χ0) is 17.5. The molecule has 0 aliphatic carbocycles. The van der Waals surface area contributed by atoms with Crippen LogP contribution in [0.5, 0.6) is 0 Å². The average molecular weight is 354 g/mol. The normalized spacial score (nSPS) is 21.0. The summed E-state index contributed by atoms with van der Waals surface area (Å²) in [6, 6.07) is 0.328. The Morgan fingerprint density at radius 3 is 2.85 bits per heavy atom. The Morgan fingerprint density at radius 2 is 2.04 bits per heavy atom. The number of hydrogen-bond acceptors (Lipinski definition) is 6. The molecule has 8 nitrogen and oxygen atoms in total. The number of rotatable bonds is 3. The van der Waals surface area contributed by atoms with Gasteiger partial charge in [0.1, 0.15) is 0 Å². The molecule has 2 aliphatic heterocycles. The summed E-state index contributed by atoms with van der Waals surface area (Å²) in [4.78, 5) is 11.7. The molecule has 3 aromatic rings. The highest BCUT2D eigenvalue weighted by Gasteiger charge is 2.22. The Bertz CT molecular complexity index is 921. The van der Waals surface area contributed by atoms with E-state index < -0.39 is 0 Å². The molecule has 26 heavy (non-hydrogen) atoms. The van der Waals surface area contributed by atoms with Gasteiger partial charge in [-0.2, -0.15) is 5.10 Å². The van der Waals surface area contributed by atoms with Gasteiger partial charge in [0.15, 0.2) is 11.5 Å². The molecule has 0 radical (unpaired) electrons. The maximum Gasteiger partial charge on any atom is 0.181 e. The average Bonchev–Trinajstić information content (AvgIpc) is 3.40. The molecule has 0 aromatic carbocycles. The summed E-state index contributed by atoms with van der Waals surface area (Å²) in [5, 5.41) is 4.57. The summed E-state index contributed by atoms with van der Waals surface area (Å²) in [6.45, 7) is 6.72. The Morgan fingerprint density at radius 1 is 1.15 bits per heavy atom. The maximum absolute atomic E-state index is 5.49. The van der Waals surface area contributed by atoms with Crippen molar-refractivity contribution < 1.29 is 9.47 Å². The molecule has 5 heterocycles. The van der Waals surface area contributed by atoms with Gasteiger partial charge in [-0.05, 0) is 13.3 Å². The molecular weight excluding hydrogens is 332 g/mol. The molecule has 1 unspecified atom stereocenters. The van der Waals surface area contributed by atoms with E-state index in [4.69, 9.17) is 14.5 Å². The molecule has 2 aliphatic rings. The summed E-state index contributed by atoms with van der Waals surface area (Å²) in [7, 11) is 0. The van der Waals surface area contributed by atoms with Crippen LogP contribution in [0.15, 0.2) is 24.8 Å². The zero-order valence-corrected chi connectivity index (χ0v) is 14.8. The van der Waals surface area contributed by atoms with Gasteiger partial charge in [0.25, 0.3) is 0 Å². The molecule has 5 rings (SSSR count). The van der Waals surface area contributed by atoms with Crippen LogP contribution in [0.1, 0.15) is 18.2 Å². The van der Waals surface area contributed by atoms with Crippen molar-refractivity contribution in [1.29, 1.82) is 0 Å². The van der Waals surface area contributed by atoms with E-state index in [9.17, 15) is 0 Å². The highest BCUT2D eigenvalue weighted by molar-refractivity contribution is 5.73. The first-order chi connectivity index (χ1) is 12.8. The SMILES string of the molecule is Cc1nc2c(N3CCOCC3)nccn2c1-c1cnn(C2CCOC2)c1. The minimum Gasteiger partial charge on any atom is -0.379 e. The minimum atomic E-state index is 0.328. The largest absolute Gasteiger partial charge is 0.379 e. The molecule has 2 fully saturated rings. The highest BCUT2D eigenvalue weighted by atomic mass is 16.5. The number of aromatic nitrogens is 5. The first kappa shape index (κ1) is 15.8. The topological polar surface area (TPSA) is 69.7 Å². The highest BCUT2D eigenvalue weighted by Crippen LogP contribution is 2.29. The second-order valence-electron chi connectivity index (χ2n) is 6.82. The fourth-order valence-electron chi connectivity index (χ4n) is 3.81. The first-order valence-corrected chi connectivity index (χ1v) is 9.10. The van der Waals surface area contributed by atoms with Crippen molar-refractivity contribution >= 4 is 11.5 Å². The number of ether oxygens (including phenoxy) is 2. The van der Waals surface area contributed by atoms with Gasteiger partial charge < -0.3 is 14.4 Å². The van der Waals surface area contributed by atoms with Crippen LogP contribution in [0.25, 0.3) is 16.9 Å². The van der Waals surface area contributed by atoms with Crippen LogP contribution in [0.4, 0.5) is 5.82 Å². The fraction of sp³-hybridized carbons (Fsp3) is 0.500. The molecule has 2 saturated heterocycles. The fourth-order valence-corrected chi connectivity index (χ4v) is 3.81. The minimum absolute atomic E-state index is 0.328. The first-order valence-electron chi connectivity index (χ1n) is 9.10. The van der Waals surface area contributed by atoms with Crippen molar-refractivity contribution in [2.45, 2.75) is 19.4 Å². The molecule has 0 N–H and O–H groups in total. The lowest BCUT2D eigenvalue weighted by molar-refractivity contribution is 0.122. The van der Waals surface area contributed by atoms with Crippen LogP contribution in [0, 0.1) is 6.92 Å². The van der Waals surface area contributed by atoms with Crippen LogP contribution in [0.2, 0.25) is 0 Å². The molecule has 0 saturated carbocycles. The van der Waals surface area contributed by atoms with Gasteiger partial charge in [0.05, 0.1) is 43.4 Å². The summed E-state index contributed by atoms with van der Waals surface area (Å²) in [5.74, 6) is 0.918. The van der Waals surface area contributed by atoms with Crippen molar-refractivity contribution in [3.8, 4) is 11.3 Å². The molecule has 0 bridgehead atoms. The van der Waals surface area contributed by atoms with Crippen molar-refractivity contribution in [1.82, 2.24) is 24.1 Å². The summed E-state index contributed by atoms with van der Waals surface area (Å²) >= 11 is 0. The number of nitrogens with zero attached hydrogens (tertiary/aromatic N) is 6. The van der Waals surface area contributed by atoms with Crippen LogP contribution in [-0.4, -0.2) is 63.7 Å². The van der Waals surface area contributed by atoms with Gasteiger partial charge in [-0.15, -0.1) is 0 Å². The van der Waals surface area contributed by atoms with Crippen molar-refractivity contribution in [3.05, 3.63) is 30.5 Å². The number of anilines is 1. The van der Waals surface area contributed by atoms with E-state index in [1.807, 2.05) is 30.2 Å². The molecule has 136 valence electrons. The molecule has 1 atom stereocenters. The van der Waals surface area contributed by atoms with Gasteiger partial charge in [0.2, 0.25) is 0 Å². The van der Waals surface area contributed by atoms with E-state index in [0.717, 1.165) is 74.4 Å². The van der Waals surface area contributed by atoms with Crippen LogP contribution in [-0.2, 0) is 9.47 Å². The van der Waals surface area contributed by atoms with E-state index >= 15 is 0 Å². The van der Waals surface area contributed by atoms with Gasteiger partial charge in [-0.3, -0.25) is 9.08 Å². The predicted molar refractivity (Wildman–Crippen MR) is 96.5 cm³/mol. The molecular formula is C18H22N6O2. The number of morpholine rings is 1. The Kier molecular flexibility index (Phi) is 3.86. The van der Waals surface area contributed by atoms with Gasteiger partial charge in [-0.25, -0.2) is 9.97 Å². The lowest BCUT2D eigenvalue weighted by Gasteiger charge is -2.27. The van der Waals surface area contributed by atoms with Gasteiger partial charge >= 0.3 is 0 Å². The lowest BCUT2D eigenvalue weighted by Crippen LogP contribution is -2.37. The maximum atomic E-state index is 5.49. The molecule has 0 spiro atoms. The smallest absolute Gasteiger partial charge is 0.181 e. The lowest BCUT2D eigenvalue weighted by atomic mass is 10.2. The standard InChI is InChI=1S/C18H22N6O2/c1-13-16(14-10-20-24(11-14)15-2-7-26-12-15)23-4-3-19-17(18(23)21-13)22-5-8-25-9-6-22/h3-4,10-11,15H,2,5-9,12H2,1H3. The number of imidazole rings is 1. The molecule has 3 aromatic heterocycles. The summed E-state index contributed by atoms with van der Waals surface area (Å²) in [5.41, 5.74) is 4.01. The van der Waals surface area contributed by atoms with E-state index in [1.54, 1.807) is 0 Å². The van der Waals surface area contributed by atoms with Crippen LogP contribution < -0.4 is 4.90 Å². The van der Waals surface area contributed by atoms with Crippen molar-refractivity contribution in [2.75, 3.05) is 44.4 Å². The van der Waals surface area contributed by atoms with Crippen LogP contribution >= 0.6 is 0 Å². The van der Waals surface area contributed by atoms with Gasteiger partial charge in [-0.1, -0.05) is 0 Å². The third-order valence-electron chi connectivity index (χ3n) is 5.16. The second kappa shape index (κ2) is 6.37. The Balaban J connectivity index is 1.57. The predicted octanol–water partition coefficient (Wildman–Crippen LogP) is 1.70. The number of fused-ring (bicyclic) bond motifs is 1. The quantitative estimate of drug-likeness (QED) is 0.713. The third-order valence-corrected chi connectivity index (χ3v) is 5.16. The number of hydrogen-bond donors (Lipinski definition) is 0. The van der Waals surface area contributed by atoms with Gasteiger partial charge in [0, 0.05) is 43.9 Å². The molecule has 0 amide bonds. The summed E-state index contributed by atoms with van der Waals surface area (Å²) < 4.78 is 15.1. The van der Waals surface area contributed by atoms with E-state index in [0.29, 0.717) is 6.04 Å². The van der Waals surface area contributed by atoms with Crippen molar-refractivity contribution in [2.24, 2.45) is 0 Å². The number of aryl methyl sites for hydroxylation is 1. The van der Waals surface area contributed by atoms with Crippen molar-refractivity contribution in [3.63, 3.8) is 0 Å². The van der Waals surface area contributed by atoms with E-state index in [1.165, 1.54) is 0 Å². The van der Waals surface area contributed by atoms with E-state index in [2.05, 4.69) is 25.6 Å². The third kappa shape index (κ3) is 2.57. The zero-order valence-electron chi connectivity index (χ0n) is 14.8. The Hall–Kier alpha value is -2.45. The molecule has 8 heteroatoms.